The Morgan fingerprint density at radius 2 is 1.88 bits per heavy atom. The molecule has 2 fully saturated rings. The lowest BCUT2D eigenvalue weighted by atomic mass is 10.0. The Labute approximate surface area is 229 Å². The zero-order valence-electron chi connectivity index (χ0n) is 22.7. The summed E-state index contributed by atoms with van der Waals surface area (Å²) in [5, 5.41) is 10.8. The minimum atomic E-state index is -4.63. The summed E-state index contributed by atoms with van der Waals surface area (Å²) in [6.07, 6.45) is -3.49. The molecule has 2 saturated heterocycles. The molecule has 212 valence electrons. The van der Waals surface area contributed by atoms with Crippen molar-refractivity contribution < 1.29 is 17.9 Å². The number of anilines is 2. The first-order valence-corrected chi connectivity index (χ1v) is 13.5. The lowest BCUT2D eigenvalue weighted by Crippen LogP contribution is -2.44. The fourth-order valence-electron chi connectivity index (χ4n) is 5.70. The number of aryl methyl sites for hydroxylation is 1. The number of nitrogens with zero attached hydrogens (tertiary/aromatic N) is 7. The van der Waals surface area contributed by atoms with E-state index in [-0.39, 0.29) is 35.0 Å². The second kappa shape index (κ2) is 10.4. The van der Waals surface area contributed by atoms with Crippen LogP contribution in [0, 0.1) is 6.92 Å². The smallest absolute Gasteiger partial charge is 0.377 e. The Morgan fingerprint density at radius 3 is 2.60 bits per heavy atom. The molecule has 0 bridgehead atoms. The number of ether oxygens (including phenoxy) is 1. The normalized spacial score (nSPS) is 18.9. The maximum Gasteiger partial charge on any atom is 0.433 e. The van der Waals surface area contributed by atoms with Crippen molar-refractivity contribution >= 4 is 22.8 Å². The standard InChI is InChI=1S/C27H32F3N9O/c1-16-15-40-13-12-37(16)22-14-20(34-26(35-22)38-21-7-5-4-6-19(21)33-25(38)31-3)23-17(2)36-39(24(23)27(28,29)30)18-8-10-32-11-9-18/h4-7,14,16,18,32H,8-13,15H2,1-3H3,(H,31,33)/t16-/m1/s1. The highest BCUT2D eigenvalue weighted by atomic mass is 19.4. The predicted molar refractivity (Wildman–Crippen MR) is 146 cm³/mol. The second-order valence-corrected chi connectivity index (χ2v) is 10.3. The lowest BCUT2D eigenvalue weighted by molar-refractivity contribution is -0.144. The van der Waals surface area contributed by atoms with E-state index in [1.807, 2.05) is 31.2 Å². The molecule has 0 saturated carbocycles. The minimum Gasteiger partial charge on any atom is -0.377 e. The SMILES string of the molecule is CNc1nc2ccccc2n1-c1nc(-c2c(C)nn(C3CCNCC3)c2C(F)(F)F)cc(N2CCOC[C@H]2C)n1. The molecule has 1 aromatic carbocycles. The molecule has 0 spiro atoms. The Bertz CT molecular complexity index is 1520. The van der Waals surface area contributed by atoms with Gasteiger partial charge in [0.15, 0.2) is 5.69 Å². The third-order valence-electron chi connectivity index (χ3n) is 7.61. The maximum absolute atomic E-state index is 14.8. The van der Waals surface area contributed by atoms with Crippen LogP contribution in [-0.4, -0.2) is 75.2 Å². The number of hydrogen-bond acceptors (Lipinski definition) is 8. The van der Waals surface area contributed by atoms with Crippen LogP contribution in [-0.2, 0) is 10.9 Å². The number of hydrogen-bond donors (Lipinski definition) is 2. The number of benzene rings is 1. The van der Waals surface area contributed by atoms with Gasteiger partial charge in [-0.15, -0.1) is 0 Å². The van der Waals surface area contributed by atoms with Crippen LogP contribution in [0.5, 0.6) is 0 Å². The summed E-state index contributed by atoms with van der Waals surface area (Å²) in [5.41, 5.74) is 1.11. The molecule has 10 nitrogen and oxygen atoms in total. The first kappa shape index (κ1) is 26.5. The van der Waals surface area contributed by atoms with Gasteiger partial charge in [-0.05, 0) is 51.9 Å². The van der Waals surface area contributed by atoms with Gasteiger partial charge in [0.05, 0.1) is 53.3 Å². The van der Waals surface area contributed by atoms with E-state index in [4.69, 9.17) is 14.7 Å². The number of halogens is 3. The zero-order valence-corrected chi connectivity index (χ0v) is 22.7. The first-order chi connectivity index (χ1) is 19.3. The number of fused-ring (bicyclic) bond motifs is 1. The third kappa shape index (κ3) is 4.66. The molecule has 0 aliphatic carbocycles. The number of nitrogens with one attached hydrogen (secondary N) is 2. The lowest BCUT2D eigenvalue weighted by Gasteiger charge is -2.34. The van der Waals surface area contributed by atoms with Crippen LogP contribution in [0.25, 0.3) is 28.2 Å². The molecule has 13 heteroatoms. The number of morpholine rings is 1. The van der Waals surface area contributed by atoms with E-state index in [1.54, 1.807) is 24.6 Å². The van der Waals surface area contributed by atoms with Crippen molar-refractivity contribution in [2.75, 3.05) is 50.1 Å². The molecular formula is C27H32F3N9O. The molecule has 0 amide bonds. The van der Waals surface area contributed by atoms with Gasteiger partial charge in [-0.3, -0.25) is 4.68 Å². The molecule has 6 rings (SSSR count). The van der Waals surface area contributed by atoms with Crippen LogP contribution in [0.2, 0.25) is 0 Å². The van der Waals surface area contributed by atoms with E-state index in [2.05, 4.69) is 25.6 Å². The molecule has 1 atom stereocenters. The minimum absolute atomic E-state index is 0.0201. The third-order valence-corrected chi connectivity index (χ3v) is 7.61. The number of alkyl halides is 3. The molecular weight excluding hydrogens is 523 g/mol. The van der Waals surface area contributed by atoms with E-state index >= 15 is 0 Å². The largest absolute Gasteiger partial charge is 0.433 e. The van der Waals surface area contributed by atoms with Gasteiger partial charge in [-0.1, -0.05) is 12.1 Å². The molecule has 2 N–H and O–H groups in total. The summed E-state index contributed by atoms with van der Waals surface area (Å²) in [6, 6.07) is 8.80. The van der Waals surface area contributed by atoms with Crippen molar-refractivity contribution in [1.29, 1.82) is 0 Å². The van der Waals surface area contributed by atoms with E-state index in [0.29, 0.717) is 63.0 Å². The average Bonchev–Trinajstić information content (AvgIpc) is 3.51. The predicted octanol–water partition coefficient (Wildman–Crippen LogP) is 4.20. The van der Waals surface area contributed by atoms with E-state index in [9.17, 15) is 13.2 Å². The highest BCUT2D eigenvalue weighted by molar-refractivity contribution is 5.81. The molecule has 0 unspecified atom stereocenters. The summed E-state index contributed by atoms with van der Waals surface area (Å²) in [6.45, 7) is 6.46. The van der Waals surface area contributed by atoms with Gasteiger partial charge in [0, 0.05) is 19.7 Å². The summed E-state index contributed by atoms with van der Waals surface area (Å²) < 4.78 is 53.0. The van der Waals surface area contributed by atoms with Crippen LogP contribution in [0.4, 0.5) is 24.9 Å². The monoisotopic (exact) mass is 555 g/mol. The van der Waals surface area contributed by atoms with E-state index < -0.39 is 11.9 Å². The number of piperidine rings is 1. The number of rotatable bonds is 5. The molecule has 3 aromatic heterocycles. The molecule has 0 radical (unpaired) electrons. The van der Waals surface area contributed by atoms with Crippen molar-refractivity contribution in [3.63, 3.8) is 0 Å². The summed E-state index contributed by atoms with van der Waals surface area (Å²) in [7, 11) is 1.74. The van der Waals surface area contributed by atoms with Gasteiger partial charge in [-0.25, -0.2) is 14.5 Å². The van der Waals surface area contributed by atoms with Crippen LogP contribution in [0.3, 0.4) is 0 Å². The van der Waals surface area contributed by atoms with Crippen LogP contribution in [0.15, 0.2) is 30.3 Å². The summed E-state index contributed by atoms with van der Waals surface area (Å²) >= 11 is 0. The fraction of sp³-hybridized carbons (Fsp3) is 0.481. The van der Waals surface area contributed by atoms with E-state index in [0.717, 1.165) is 5.52 Å². The van der Waals surface area contributed by atoms with Gasteiger partial charge >= 0.3 is 6.18 Å². The molecule has 2 aliphatic rings. The van der Waals surface area contributed by atoms with Crippen molar-refractivity contribution in [1.82, 2.24) is 34.6 Å². The summed E-state index contributed by atoms with van der Waals surface area (Å²) in [4.78, 5) is 16.3. The quantitative estimate of drug-likeness (QED) is 0.378. The van der Waals surface area contributed by atoms with Gasteiger partial charge in [0.1, 0.15) is 5.82 Å². The molecule has 2 aliphatic heterocycles. The van der Waals surface area contributed by atoms with Crippen molar-refractivity contribution in [3.05, 3.63) is 41.7 Å². The average molecular weight is 556 g/mol. The van der Waals surface area contributed by atoms with E-state index in [1.165, 1.54) is 4.68 Å². The van der Waals surface area contributed by atoms with Crippen LogP contribution < -0.4 is 15.5 Å². The van der Waals surface area contributed by atoms with Crippen LogP contribution >= 0.6 is 0 Å². The number of para-hydroxylation sites is 2. The summed E-state index contributed by atoms with van der Waals surface area (Å²) in [5.74, 6) is 1.24. The van der Waals surface area contributed by atoms with Crippen molar-refractivity contribution in [2.45, 2.75) is 44.9 Å². The van der Waals surface area contributed by atoms with Gasteiger partial charge in [0.25, 0.3) is 0 Å². The number of aromatic nitrogens is 6. The van der Waals surface area contributed by atoms with Gasteiger partial charge in [-0.2, -0.15) is 23.3 Å². The highest BCUT2D eigenvalue weighted by Crippen LogP contribution is 2.42. The molecule has 40 heavy (non-hydrogen) atoms. The Balaban J connectivity index is 1.60. The topological polar surface area (TPSA) is 98.0 Å². The first-order valence-electron chi connectivity index (χ1n) is 13.5. The molecule has 5 heterocycles. The number of imidazole rings is 1. The Kier molecular flexibility index (Phi) is 6.87. The second-order valence-electron chi connectivity index (χ2n) is 10.3. The van der Waals surface area contributed by atoms with Gasteiger partial charge in [0.2, 0.25) is 11.9 Å². The fourth-order valence-corrected chi connectivity index (χ4v) is 5.70. The molecule has 4 aromatic rings. The van der Waals surface area contributed by atoms with Gasteiger partial charge < -0.3 is 20.3 Å². The maximum atomic E-state index is 14.8. The Morgan fingerprint density at radius 1 is 1.10 bits per heavy atom. The Hall–Kier alpha value is -3.71. The zero-order chi connectivity index (χ0) is 28.0. The highest BCUT2D eigenvalue weighted by Gasteiger charge is 2.42. The van der Waals surface area contributed by atoms with Crippen LogP contribution in [0.1, 0.15) is 37.2 Å². The van der Waals surface area contributed by atoms with Crippen molar-refractivity contribution in [2.24, 2.45) is 0 Å². The van der Waals surface area contributed by atoms with Crippen molar-refractivity contribution in [3.8, 4) is 17.2 Å².